The predicted molar refractivity (Wildman–Crippen MR) is 305 cm³/mol. The fourth-order valence-electron chi connectivity index (χ4n) is 11.5. The van der Waals surface area contributed by atoms with E-state index in [4.69, 9.17) is 23.7 Å². The van der Waals surface area contributed by atoms with Crippen molar-refractivity contribution in [2.75, 3.05) is 26.4 Å². The summed E-state index contributed by atoms with van der Waals surface area (Å²) in [5.41, 5.74) is -3.29. The van der Waals surface area contributed by atoms with Crippen molar-refractivity contribution in [2.24, 2.45) is 5.92 Å². The van der Waals surface area contributed by atoms with Gasteiger partial charge in [-0.2, -0.15) is 0 Å². The Morgan fingerprint density at radius 2 is 1.15 bits per heavy atom. The van der Waals surface area contributed by atoms with E-state index >= 15 is 4.39 Å². The maximum Gasteiger partial charge on any atom is 1.00 e. The molecule has 0 spiro atoms. The van der Waals surface area contributed by atoms with Crippen LogP contribution in [-0.2, 0) is 38.1 Å². The van der Waals surface area contributed by atoms with E-state index in [1.165, 1.54) is 116 Å². The molecule has 3 fully saturated rings. The van der Waals surface area contributed by atoms with Crippen molar-refractivity contribution in [2.45, 2.75) is 317 Å². The van der Waals surface area contributed by atoms with Gasteiger partial charge in [-0.25, -0.2) is 9.18 Å². The number of carbonyl (C=O) groups is 3. The summed E-state index contributed by atoms with van der Waals surface area (Å²) in [5, 5.41) is 136. The molecule has 0 bridgehead atoms. The smallest absolute Gasteiger partial charge is 0.479 e. The number of aliphatic carboxylic acids is 1. The van der Waals surface area contributed by atoms with E-state index in [1.807, 2.05) is 6.08 Å². The first kappa shape index (κ1) is 78.5. The second-order valence-corrected chi connectivity index (χ2v) is 23.5. The number of ether oxygens (including phenoxy) is 5. The molecule has 3 aliphatic rings. The molecule has 84 heavy (non-hydrogen) atoms. The summed E-state index contributed by atoms with van der Waals surface area (Å²) in [5.74, 6) is -5.64. The summed E-state index contributed by atoms with van der Waals surface area (Å²) in [6.45, 7) is 1.83. The Labute approximate surface area is 520 Å². The first-order valence-corrected chi connectivity index (χ1v) is 31.5. The van der Waals surface area contributed by atoms with Crippen molar-refractivity contribution in [3.63, 3.8) is 0 Å². The van der Waals surface area contributed by atoms with Crippen LogP contribution < -0.4 is 40.2 Å². The Morgan fingerprint density at radius 1 is 0.667 bits per heavy atom. The van der Waals surface area contributed by atoms with Crippen LogP contribution in [0.15, 0.2) is 12.2 Å². The zero-order valence-electron chi connectivity index (χ0n) is 50.9. The minimum absolute atomic E-state index is 0. The first-order chi connectivity index (χ1) is 39.8. The fraction of sp³-hybridized carbons (Fsp3) is 0.917. The van der Waals surface area contributed by atoms with Crippen molar-refractivity contribution in [3.05, 3.63) is 12.2 Å². The number of hydrogen-bond donors (Lipinski definition) is 14. The number of nitrogens with one attached hydrogen (secondary N) is 2. The van der Waals surface area contributed by atoms with Crippen LogP contribution in [0, 0.1) is 5.92 Å². The van der Waals surface area contributed by atoms with E-state index in [2.05, 4.69) is 24.5 Å². The topological polar surface area (TPSA) is 364 Å². The molecule has 0 unspecified atom stereocenters. The molecule has 486 valence electrons. The largest absolute Gasteiger partial charge is 1.00 e. The zero-order chi connectivity index (χ0) is 61.3. The molecule has 0 saturated carbocycles. The number of hydrogen-bond acceptors (Lipinski definition) is 19. The third-order valence-corrected chi connectivity index (χ3v) is 16.6. The van der Waals surface area contributed by atoms with Gasteiger partial charge in [0, 0.05) is 19.8 Å². The number of halogens is 1. The number of carboxylic acids is 1. The minimum atomic E-state index is -3.29. The van der Waals surface area contributed by atoms with Crippen molar-refractivity contribution in [3.8, 4) is 0 Å². The van der Waals surface area contributed by atoms with Gasteiger partial charge in [0.1, 0.15) is 61.1 Å². The Bertz CT molecular complexity index is 1780. The molecule has 3 rings (SSSR count). The van der Waals surface area contributed by atoms with Crippen LogP contribution in [0.1, 0.15) is 207 Å². The SMILES string of the molecule is CCCCCCCCCCCCC/C=C/[C@@H](O)[C@H](CO[C@@H]1O[C@H](CO)[C@@H](O[C@@H]2O[C@H](CO)[C@H](O)[C@H]([C@@H](F)[C@]3(C(=O)O)C[C@H](O)[C@@H](NC(C)=O)[C@H]([C@H](O)[C@H](O)CO)O3)[C@H]2O)[C@H](O)[C@H]1O)NC(=O)CCCCCCCCCCCCCCCCC.[Na+]. The van der Waals surface area contributed by atoms with Crippen LogP contribution in [0.4, 0.5) is 4.39 Å². The molecule has 0 aromatic heterocycles. The average Bonchev–Trinajstić information content (AvgIpc) is 0.993. The Morgan fingerprint density at radius 3 is 1.63 bits per heavy atom. The molecule has 24 heteroatoms. The second-order valence-electron chi connectivity index (χ2n) is 23.5. The van der Waals surface area contributed by atoms with Gasteiger partial charge in [-0.05, 0) is 19.3 Å². The van der Waals surface area contributed by atoms with Crippen LogP contribution >= 0.6 is 0 Å². The summed E-state index contributed by atoms with van der Waals surface area (Å²) < 4.78 is 46.1. The Hall–Kier alpha value is -1.56. The van der Waals surface area contributed by atoms with Crippen LogP contribution in [0.2, 0.25) is 0 Å². The Balaban J connectivity index is 0.0000241. The van der Waals surface area contributed by atoms with Crippen molar-refractivity contribution in [1.82, 2.24) is 10.6 Å². The molecule has 3 aliphatic heterocycles. The molecule has 2 amide bonds. The molecular weight excluding hydrogens is 1110 g/mol. The van der Waals surface area contributed by atoms with Crippen LogP contribution in [0.25, 0.3) is 0 Å². The molecule has 3 saturated heterocycles. The van der Waals surface area contributed by atoms with Gasteiger partial charge in [0.2, 0.25) is 11.8 Å². The molecule has 19 atom stereocenters. The number of allylic oxidation sites excluding steroid dienone is 1. The van der Waals surface area contributed by atoms with Gasteiger partial charge < -0.3 is 95.6 Å². The van der Waals surface area contributed by atoms with Crippen molar-refractivity contribution in [1.29, 1.82) is 0 Å². The van der Waals surface area contributed by atoms with E-state index in [0.29, 0.717) is 12.8 Å². The van der Waals surface area contributed by atoms with E-state index in [9.17, 15) is 75.7 Å². The normalized spacial score (nSPS) is 30.1. The van der Waals surface area contributed by atoms with E-state index in [0.717, 1.165) is 51.9 Å². The molecule has 3 heterocycles. The van der Waals surface area contributed by atoms with Gasteiger partial charge in [-0.1, -0.05) is 180 Å². The average molecular weight is 1220 g/mol. The number of aliphatic hydroxyl groups is 11. The van der Waals surface area contributed by atoms with E-state index in [1.54, 1.807) is 6.08 Å². The van der Waals surface area contributed by atoms with Crippen LogP contribution in [0.3, 0.4) is 0 Å². The minimum Gasteiger partial charge on any atom is -0.479 e. The van der Waals surface area contributed by atoms with Gasteiger partial charge in [0.15, 0.2) is 18.2 Å². The molecule has 22 nitrogen and oxygen atoms in total. The molecule has 0 radical (unpaired) electrons. The molecule has 14 N–H and O–H groups in total. The molecule has 0 aromatic carbocycles. The summed E-state index contributed by atoms with van der Waals surface area (Å²) in [6.07, 6.45) is 2.87. The molecule has 0 aliphatic carbocycles. The van der Waals surface area contributed by atoms with Gasteiger partial charge >= 0.3 is 35.5 Å². The van der Waals surface area contributed by atoms with Crippen LogP contribution in [-0.4, -0.2) is 215 Å². The fourth-order valence-corrected chi connectivity index (χ4v) is 11.5. The number of carboxylic acid groups (broad SMARTS) is 1. The number of amides is 2. The molecular formula is C60H109FN2NaO20+. The summed E-state index contributed by atoms with van der Waals surface area (Å²) in [4.78, 5) is 38.5. The van der Waals surface area contributed by atoms with Crippen LogP contribution in [0.5, 0.6) is 0 Å². The first-order valence-electron chi connectivity index (χ1n) is 31.5. The number of alkyl halides is 1. The third-order valence-electron chi connectivity index (χ3n) is 16.6. The number of unbranched alkanes of at least 4 members (excludes halogenated alkanes) is 25. The van der Waals surface area contributed by atoms with Gasteiger partial charge in [0.05, 0.1) is 62.7 Å². The quantitative estimate of drug-likeness (QED) is 0.0228. The third kappa shape index (κ3) is 26.1. The van der Waals surface area contributed by atoms with Crippen molar-refractivity contribution >= 4 is 17.8 Å². The Kier molecular flexibility index (Phi) is 41.1. The number of rotatable bonds is 45. The monoisotopic (exact) mass is 1220 g/mol. The van der Waals surface area contributed by atoms with Crippen molar-refractivity contribution < 1.29 is 133 Å². The van der Waals surface area contributed by atoms with Gasteiger partial charge in [0.25, 0.3) is 0 Å². The second kappa shape index (κ2) is 44.0. The number of aliphatic hydroxyl groups excluding tert-OH is 11. The summed E-state index contributed by atoms with van der Waals surface area (Å²) in [6, 6.07) is -2.73. The zero-order valence-corrected chi connectivity index (χ0v) is 52.9. The number of carbonyl (C=O) groups excluding carboxylic acids is 2. The molecule has 0 aromatic rings. The summed E-state index contributed by atoms with van der Waals surface area (Å²) in [7, 11) is 0. The summed E-state index contributed by atoms with van der Waals surface area (Å²) >= 11 is 0. The maximum atomic E-state index is 17.3. The van der Waals surface area contributed by atoms with E-state index in [-0.39, 0.29) is 41.9 Å². The van der Waals surface area contributed by atoms with Gasteiger partial charge in [-0.3, -0.25) is 9.59 Å². The predicted octanol–water partition coefficient (Wildman–Crippen LogP) is 0.781. The standard InChI is InChI=1S/C60H109FN2O20.Na/c1-4-6-8-10-12-14-16-18-19-21-23-25-27-29-31-33-46(71)63-40(41(68)32-30-28-26-24-22-20-17-15-13-11-9-7-5-2)38-79-57-53(76)52(75)54(45(37-66)81-57)82-58-51(74)47(50(73)44(36-65)80-58)56(61)60(59(77)78)34-42(69)48(62-39(3)67)55(83-60)49(72)43(70)35-64;/h30,32,40-45,47-58,64-66,68-70,72-76H,4-29,31,33-38H2,1-3H3,(H,62,67)(H,63,71)(H,77,78);/q;+1/b32-30+;/t40-,41+,42-,43+,44+,45+,47-,48+,49+,50-,51+,52+,53+,54+,55+,56+,57+,58-,60-;/m0./s1. The maximum absolute atomic E-state index is 17.3. The van der Waals surface area contributed by atoms with E-state index < -0.39 is 160 Å². The van der Waals surface area contributed by atoms with Gasteiger partial charge in [-0.15, -0.1) is 0 Å².